The van der Waals surface area contributed by atoms with E-state index in [0.29, 0.717) is 24.7 Å². The Bertz CT molecular complexity index is 910. The average molecular weight is 407 g/mol. The molecule has 0 aliphatic carbocycles. The van der Waals surface area contributed by atoms with Crippen LogP contribution < -0.4 is 5.73 Å². The summed E-state index contributed by atoms with van der Waals surface area (Å²) in [5.74, 6) is 0.0528. The summed E-state index contributed by atoms with van der Waals surface area (Å²) in [4.78, 5) is 15.3. The van der Waals surface area contributed by atoms with Crippen LogP contribution in [0.2, 0.25) is 5.02 Å². The van der Waals surface area contributed by atoms with Crippen LogP contribution in [0.5, 0.6) is 0 Å². The van der Waals surface area contributed by atoms with Gasteiger partial charge in [0.15, 0.2) is 0 Å². The highest BCUT2D eigenvalue weighted by atomic mass is 35.5. The van der Waals surface area contributed by atoms with Crippen molar-refractivity contribution in [2.75, 3.05) is 13.1 Å². The number of amides is 1. The lowest BCUT2D eigenvalue weighted by molar-refractivity contribution is 0.0741. The van der Waals surface area contributed by atoms with Crippen molar-refractivity contribution in [3.05, 3.63) is 106 Å². The maximum absolute atomic E-state index is 13.4. The number of rotatable bonds is 9. The molecular weight excluding hydrogens is 380 g/mol. The molecule has 150 valence electrons. The van der Waals surface area contributed by atoms with Crippen LogP contribution in [0.25, 0.3) is 0 Å². The molecule has 0 radical (unpaired) electrons. The number of nitrogens with two attached hydrogens (primary N) is 1. The number of aryl methyl sites for hydroxylation is 2. The van der Waals surface area contributed by atoms with Crippen molar-refractivity contribution in [1.82, 2.24) is 4.90 Å². The van der Waals surface area contributed by atoms with Gasteiger partial charge in [-0.05, 0) is 60.7 Å². The molecule has 0 bridgehead atoms. The van der Waals surface area contributed by atoms with Crippen LogP contribution in [0.4, 0.5) is 0 Å². The second kappa shape index (κ2) is 10.8. The highest BCUT2D eigenvalue weighted by molar-refractivity contribution is 6.30. The van der Waals surface area contributed by atoms with Crippen LogP contribution in [0, 0.1) is 0 Å². The van der Waals surface area contributed by atoms with E-state index in [2.05, 4.69) is 18.2 Å². The van der Waals surface area contributed by atoms with E-state index in [9.17, 15) is 4.79 Å². The Morgan fingerprint density at radius 2 is 1.52 bits per heavy atom. The number of hydrogen-bond acceptors (Lipinski definition) is 2. The average Bonchev–Trinajstić information content (AvgIpc) is 2.77. The van der Waals surface area contributed by atoms with E-state index < -0.39 is 0 Å². The molecule has 3 aromatic rings. The molecule has 0 aliphatic rings. The van der Waals surface area contributed by atoms with E-state index in [1.165, 1.54) is 5.56 Å². The second-order valence-electron chi connectivity index (χ2n) is 7.14. The van der Waals surface area contributed by atoms with E-state index in [-0.39, 0.29) is 5.91 Å². The van der Waals surface area contributed by atoms with Crippen LogP contribution in [0.3, 0.4) is 0 Å². The molecule has 29 heavy (non-hydrogen) atoms. The monoisotopic (exact) mass is 406 g/mol. The molecule has 0 atom stereocenters. The van der Waals surface area contributed by atoms with Crippen molar-refractivity contribution in [2.24, 2.45) is 5.73 Å². The number of halogens is 1. The van der Waals surface area contributed by atoms with E-state index >= 15 is 0 Å². The van der Waals surface area contributed by atoms with Gasteiger partial charge in [-0.25, -0.2) is 0 Å². The van der Waals surface area contributed by atoms with Crippen molar-refractivity contribution in [1.29, 1.82) is 0 Å². The zero-order valence-electron chi connectivity index (χ0n) is 16.6. The summed E-state index contributed by atoms with van der Waals surface area (Å²) >= 11 is 6.00. The standard InChI is InChI=1S/C25H27ClN2O/c26-23-15-12-21(13-16-23)19-28(18-6-17-27)25(29)24-10-5-4-9-22(24)14-11-20-7-2-1-3-8-20/h1-5,7-10,12-13,15-16H,6,11,14,17-19,27H2. The minimum absolute atomic E-state index is 0.0528. The molecule has 0 saturated heterocycles. The minimum Gasteiger partial charge on any atom is -0.334 e. The SMILES string of the molecule is NCCCN(Cc1ccc(Cl)cc1)C(=O)c1ccccc1CCc1ccccc1. The Morgan fingerprint density at radius 1 is 0.828 bits per heavy atom. The first-order chi connectivity index (χ1) is 14.2. The summed E-state index contributed by atoms with van der Waals surface area (Å²) in [6.07, 6.45) is 2.51. The first-order valence-corrected chi connectivity index (χ1v) is 10.4. The maximum atomic E-state index is 13.4. The highest BCUT2D eigenvalue weighted by Gasteiger charge is 2.18. The summed E-state index contributed by atoms with van der Waals surface area (Å²) in [7, 11) is 0. The first-order valence-electron chi connectivity index (χ1n) is 10.0. The van der Waals surface area contributed by atoms with Gasteiger partial charge in [0.05, 0.1) is 0 Å². The maximum Gasteiger partial charge on any atom is 0.254 e. The third-order valence-electron chi connectivity index (χ3n) is 4.98. The topological polar surface area (TPSA) is 46.3 Å². The van der Waals surface area contributed by atoms with E-state index in [1.54, 1.807) is 0 Å². The Labute approximate surface area is 178 Å². The predicted molar refractivity (Wildman–Crippen MR) is 120 cm³/mol. The Morgan fingerprint density at radius 3 is 2.24 bits per heavy atom. The summed E-state index contributed by atoms with van der Waals surface area (Å²) in [5, 5.41) is 0.694. The van der Waals surface area contributed by atoms with Crippen molar-refractivity contribution in [3.8, 4) is 0 Å². The molecule has 3 aromatic carbocycles. The van der Waals surface area contributed by atoms with Gasteiger partial charge in [0.2, 0.25) is 0 Å². The molecule has 0 fully saturated rings. The summed E-state index contributed by atoms with van der Waals surface area (Å²) in [5.41, 5.74) is 9.90. The van der Waals surface area contributed by atoms with Crippen molar-refractivity contribution < 1.29 is 4.79 Å². The molecular formula is C25H27ClN2O. The lowest BCUT2D eigenvalue weighted by Gasteiger charge is -2.24. The number of benzene rings is 3. The highest BCUT2D eigenvalue weighted by Crippen LogP contribution is 2.18. The van der Waals surface area contributed by atoms with Crippen LogP contribution in [-0.2, 0) is 19.4 Å². The van der Waals surface area contributed by atoms with Gasteiger partial charge in [0.25, 0.3) is 5.91 Å². The summed E-state index contributed by atoms with van der Waals surface area (Å²) < 4.78 is 0. The number of nitrogens with zero attached hydrogens (tertiary/aromatic N) is 1. The minimum atomic E-state index is 0.0528. The molecule has 0 unspecified atom stereocenters. The molecule has 3 nitrogen and oxygen atoms in total. The van der Waals surface area contributed by atoms with Crippen molar-refractivity contribution in [3.63, 3.8) is 0 Å². The van der Waals surface area contributed by atoms with E-state index in [4.69, 9.17) is 17.3 Å². The molecule has 4 heteroatoms. The van der Waals surface area contributed by atoms with Gasteiger partial charge < -0.3 is 10.6 Å². The molecule has 0 aromatic heterocycles. The van der Waals surface area contributed by atoms with Crippen LogP contribution in [0.15, 0.2) is 78.9 Å². The predicted octanol–water partition coefficient (Wildman–Crippen LogP) is 5.12. The molecule has 0 spiro atoms. The number of carbonyl (C=O) groups excluding carboxylic acids is 1. The third kappa shape index (κ3) is 6.18. The van der Waals surface area contributed by atoms with Gasteiger partial charge in [-0.2, -0.15) is 0 Å². The molecule has 3 rings (SSSR count). The van der Waals surface area contributed by atoms with Gasteiger partial charge in [-0.15, -0.1) is 0 Å². The number of carbonyl (C=O) groups is 1. The second-order valence-corrected chi connectivity index (χ2v) is 7.57. The third-order valence-corrected chi connectivity index (χ3v) is 5.23. The Kier molecular flexibility index (Phi) is 7.85. The van der Waals surface area contributed by atoms with E-state index in [1.807, 2.05) is 65.6 Å². The van der Waals surface area contributed by atoms with E-state index in [0.717, 1.165) is 36.0 Å². The fourth-order valence-electron chi connectivity index (χ4n) is 3.39. The molecule has 1 amide bonds. The van der Waals surface area contributed by atoms with Crippen molar-refractivity contribution in [2.45, 2.75) is 25.8 Å². The largest absolute Gasteiger partial charge is 0.334 e. The quantitative estimate of drug-likeness (QED) is 0.536. The molecule has 0 saturated carbocycles. The molecule has 0 aliphatic heterocycles. The Hall–Kier alpha value is -2.62. The number of hydrogen-bond donors (Lipinski definition) is 1. The summed E-state index contributed by atoms with van der Waals surface area (Å²) in [6, 6.07) is 25.9. The van der Waals surface area contributed by atoms with Gasteiger partial charge in [0.1, 0.15) is 0 Å². The van der Waals surface area contributed by atoms with Crippen LogP contribution in [0.1, 0.15) is 33.5 Å². The Balaban J connectivity index is 1.78. The fourth-order valence-corrected chi connectivity index (χ4v) is 3.51. The van der Waals surface area contributed by atoms with Crippen molar-refractivity contribution >= 4 is 17.5 Å². The van der Waals surface area contributed by atoms with Crippen LogP contribution in [-0.4, -0.2) is 23.9 Å². The van der Waals surface area contributed by atoms with Gasteiger partial charge in [-0.3, -0.25) is 4.79 Å². The zero-order valence-corrected chi connectivity index (χ0v) is 17.3. The smallest absolute Gasteiger partial charge is 0.254 e. The first kappa shape index (κ1) is 21.1. The molecule has 0 heterocycles. The summed E-state index contributed by atoms with van der Waals surface area (Å²) in [6.45, 7) is 1.73. The van der Waals surface area contributed by atoms with Gasteiger partial charge in [0, 0.05) is 23.7 Å². The van der Waals surface area contributed by atoms with Crippen LogP contribution >= 0.6 is 11.6 Å². The lowest BCUT2D eigenvalue weighted by atomic mass is 9.98. The van der Waals surface area contributed by atoms with Gasteiger partial charge >= 0.3 is 0 Å². The fraction of sp³-hybridized carbons (Fsp3) is 0.240. The van der Waals surface area contributed by atoms with Gasteiger partial charge in [-0.1, -0.05) is 72.3 Å². The molecule has 2 N–H and O–H groups in total. The zero-order chi connectivity index (χ0) is 20.5. The normalized spacial score (nSPS) is 10.7. The lowest BCUT2D eigenvalue weighted by Crippen LogP contribution is -2.33.